The third-order valence-electron chi connectivity index (χ3n) is 2.96. The van der Waals surface area contributed by atoms with E-state index in [0.29, 0.717) is 30.4 Å². The molecule has 5 nitrogen and oxygen atoms in total. The van der Waals surface area contributed by atoms with Crippen molar-refractivity contribution < 1.29 is 17.9 Å². The predicted molar refractivity (Wildman–Crippen MR) is 67.5 cm³/mol. The van der Waals surface area contributed by atoms with Crippen LogP contribution >= 0.6 is 0 Å². The average Bonchev–Trinajstić information content (AvgIpc) is 2.30. The zero-order chi connectivity index (χ0) is 14.0. The molecular formula is C11H12F2N2O3S. The van der Waals surface area contributed by atoms with E-state index < -0.39 is 33.0 Å². The summed E-state index contributed by atoms with van der Waals surface area (Å²) >= 11 is 0. The van der Waals surface area contributed by atoms with Crippen molar-refractivity contribution in [2.24, 2.45) is 0 Å². The summed E-state index contributed by atoms with van der Waals surface area (Å²) in [6.45, 7) is 0. The molecule has 1 heterocycles. The molecule has 0 bridgehead atoms. The summed E-state index contributed by atoms with van der Waals surface area (Å²) < 4.78 is 37.7. The van der Waals surface area contributed by atoms with Crippen LogP contribution in [0, 0.1) is 21.7 Å². The minimum absolute atomic E-state index is 0.155. The van der Waals surface area contributed by atoms with Crippen molar-refractivity contribution in [2.75, 3.05) is 16.8 Å². The molecule has 0 atom stereocenters. The summed E-state index contributed by atoms with van der Waals surface area (Å²) in [5, 5.41) is 13.6. The fourth-order valence-corrected chi connectivity index (χ4v) is 3.32. The number of anilines is 1. The van der Waals surface area contributed by atoms with Gasteiger partial charge >= 0.3 is 5.69 Å². The van der Waals surface area contributed by atoms with Crippen molar-refractivity contribution in [2.45, 2.75) is 18.9 Å². The summed E-state index contributed by atoms with van der Waals surface area (Å²) in [4.78, 5) is 9.93. The molecule has 0 radical (unpaired) electrons. The molecule has 1 aliphatic rings. The highest BCUT2D eigenvalue weighted by Gasteiger charge is 2.25. The van der Waals surface area contributed by atoms with E-state index in [2.05, 4.69) is 5.32 Å². The maximum atomic E-state index is 13.4. The smallest absolute Gasteiger partial charge is 0.327 e. The van der Waals surface area contributed by atoms with E-state index in [1.807, 2.05) is 0 Å². The lowest BCUT2D eigenvalue weighted by atomic mass is 10.1. The van der Waals surface area contributed by atoms with Gasteiger partial charge in [0.25, 0.3) is 0 Å². The predicted octanol–water partition coefficient (Wildman–Crippen LogP) is 2.20. The Balaban J connectivity index is 2.24. The SMILES string of the molecule is O=[N+]([O-])c1c(F)cc(F)cc1NC1CCS(=O)CC1. The standard InChI is InChI=1S/C11H12F2N2O3S/c12-7-5-9(13)11(15(16)17)10(6-7)14-8-1-3-19(18)4-2-8/h5-6,8,14H,1-4H2. The molecule has 0 saturated carbocycles. The number of benzene rings is 1. The Kier molecular flexibility index (Phi) is 4.08. The van der Waals surface area contributed by atoms with E-state index in [-0.39, 0.29) is 11.7 Å². The van der Waals surface area contributed by atoms with E-state index in [9.17, 15) is 23.1 Å². The van der Waals surface area contributed by atoms with Crippen molar-refractivity contribution in [3.63, 3.8) is 0 Å². The van der Waals surface area contributed by atoms with Crippen molar-refractivity contribution in [3.05, 3.63) is 33.9 Å². The van der Waals surface area contributed by atoms with Crippen LogP contribution in [0.25, 0.3) is 0 Å². The van der Waals surface area contributed by atoms with Gasteiger partial charge in [0.2, 0.25) is 5.82 Å². The number of nitro groups is 1. The van der Waals surface area contributed by atoms with Crippen LogP contribution in [0.3, 0.4) is 0 Å². The molecule has 1 saturated heterocycles. The van der Waals surface area contributed by atoms with Crippen LogP contribution in [-0.2, 0) is 10.8 Å². The van der Waals surface area contributed by atoms with Crippen LogP contribution in [0.4, 0.5) is 20.2 Å². The van der Waals surface area contributed by atoms with Gasteiger partial charge in [0.1, 0.15) is 11.5 Å². The van der Waals surface area contributed by atoms with Crippen molar-refractivity contribution in [1.82, 2.24) is 0 Å². The van der Waals surface area contributed by atoms with Gasteiger partial charge in [0.15, 0.2) is 0 Å². The number of rotatable bonds is 3. The van der Waals surface area contributed by atoms with Crippen molar-refractivity contribution >= 4 is 22.2 Å². The van der Waals surface area contributed by atoms with E-state index in [1.165, 1.54) is 0 Å². The molecule has 1 aliphatic heterocycles. The minimum atomic E-state index is -1.20. The van der Waals surface area contributed by atoms with Gasteiger partial charge in [-0.15, -0.1) is 0 Å². The molecule has 8 heteroatoms. The van der Waals surface area contributed by atoms with Gasteiger partial charge in [0, 0.05) is 40.5 Å². The van der Waals surface area contributed by atoms with Crippen LogP contribution in [-0.4, -0.2) is 26.7 Å². The van der Waals surface area contributed by atoms with E-state index in [4.69, 9.17) is 0 Å². The van der Waals surface area contributed by atoms with Gasteiger partial charge in [-0.1, -0.05) is 0 Å². The topological polar surface area (TPSA) is 72.2 Å². The quantitative estimate of drug-likeness (QED) is 0.684. The zero-order valence-electron chi connectivity index (χ0n) is 9.90. The van der Waals surface area contributed by atoms with Crippen molar-refractivity contribution in [3.8, 4) is 0 Å². The Morgan fingerprint density at radius 2 is 1.95 bits per heavy atom. The molecule has 0 amide bonds. The lowest BCUT2D eigenvalue weighted by Crippen LogP contribution is -2.29. The monoisotopic (exact) mass is 290 g/mol. The zero-order valence-corrected chi connectivity index (χ0v) is 10.7. The summed E-state index contributed by atoms with van der Waals surface area (Å²) in [6, 6.07) is 1.24. The fraction of sp³-hybridized carbons (Fsp3) is 0.455. The first-order valence-electron chi connectivity index (χ1n) is 5.72. The second-order valence-corrected chi connectivity index (χ2v) is 6.00. The van der Waals surface area contributed by atoms with Crippen LogP contribution in [0.2, 0.25) is 0 Å². The highest BCUT2D eigenvalue weighted by atomic mass is 32.2. The largest absolute Gasteiger partial charge is 0.377 e. The average molecular weight is 290 g/mol. The Morgan fingerprint density at radius 3 is 2.53 bits per heavy atom. The number of nitrogens with zero attached hydrogens (tertiary/aromatic N) is 1. The van der Waals surface area contributed by atoms with E-state index in [1.54, 1.807) is 0 Å². The summed E-state index contributed by atoms with van der Waals surface area (Å²) in [6.07, 6.45) is 1.11. The third-order valence-corrected chi connectivity index (χ3v) is 4.34. The van der Waals surface area contributed by atoms with Gasteiger partial charge in [-0.3, -0.25) is 14.3 Å². The molecule has 1 N–H and O–H groups in total. The molecule has 1 aromatic rings. The second-order valence-electron chi connectivity index (χ2n) is 4.31. The van der Waals surface area contributed by atoms with E-state index >= 15 is 0 Å². The molecule has 0 spiro atoms. The van der Waals surface area contributed by atoms with E-state index in [0.717, 1.165) is 6.07 Å². The number of hydrogen-bond acceptors (Lipinski definition) is 4. The normalized spacial score (nSPS) is 23.1. The lowest BCUT2D eigenvalue weighted by molar-refractivity contribution is -0.386. The maximum absolute atomic E-state index is 13.4. The Morgan fingerprint density at radius 1 is 1.32 bits per heavy atom. The minimum Gasteiger partial charge on any atom is -0.377 e. The van der Waals surface area contributed by atoms with Gasteiger partial charge < -0.3 is 5.32 Å². The summed E-state index contributed by atoms with van der Waals surface area (Å²) in [5.74, 6) is -1.09. The molecule has 0 aliphatic carbocycles. The molecule has 1 aromatic carbocycles. The Bertz CT molecular complexity index is 529. The molecule has 1 fully saturated rings. The number of halogens is 2. The molecule has 104 valence electrons. The molecular weight excluding hydrogens is 278 g/mol. The number of nitrogens with one attached hydrogen (secondary N) is 1. The first kappa shape index (κ1) is 13.9. The molecule has 0 aromatic heterocycles. The third kappa shape index (κ3) is 3.25. The van der Waals surface area contributed by atoms with Crippen molar-refractivity contribution in [1.29, 1.82) is 0 Å². The summed E-state index contributed by atoms with van der Waals surface area (Å²) in [7, 11) is -0.864. The Hall–Kier alpha value is -1.57. The van der Waals surface area contributed by atoms with Crippen LogP contribution < -0.4 is 5.32 Å². The second kappa shape index (κ2) is 5.60. The Labute approximate surface area is 110 Å². The molecule has 19 heavy (non-hydrogen) atoms. The summed E-state index contributed by atoms with van der Waals surface area (Å²) in [5.41, 5.74) is -0.923. The first-order chi connectivity index (χ1) is 8.97. The van der Waals surface area contributed by atoms with Crippen LogP contribution in [0.15, 0.2) is 12.1 Å². The van der Waals surface area contributed by atoms with Gasteiger partial charge in [-0.25, -0.2) is 4.39 Å². The molecule has 2 rings (SSSR count). The first-order valence-corrected chi connectivity index (χ1v) is 7.21. The lowest BCUT2D eigenvalue weighted by Gasteiger charge is -2.23. The van der Waals surface area contributed by atoms with Crippen LogP contribution in [0.5, 0.6) is 0 Å². The number of nitro benzene ring substituents is 1. The highest BCUT2D eigenvalue weighted by molar-refractivity contribution is 7.85. The van der Waals surface area contributed by atoms with Gasteiger partial charge in [0.05, 0.1) is 4.92 Å². The fourth-order valence-electron chi connectivity index (χ4n) is 2.02. The van der Waals surface area contributed by atoms with Gasteiger partial charge in [-0.2, -0.15) is 4.39 Å². The van der Waals surface area contributed by atoms with Gasteiger partial charge in [-0.05, 0) is 12.8 Å². The van der Waals surface area contributed by atoms with Crippen LogP contribution in [0.1, 0.15) is 12.8 Å². The molecule has 0 unspecified atom stereocenters. The highest BCUT2D eigenvalue weighted by Crippen LogP contribution is 2.30. The number of hydrogen-bond donors (Lipinski definition) is 1. The maximum Gasteiger partial charge on any atom is 0.327 e.